The molecule has 1 saturated carbocycles. The van der Waals surface area contributed by atoms with Crippen molar-refractivity contribution in [1.29, 1.82) is 0 Å². The number of hydrogen-bond donors (Lipinski definition) is 0. The van der Waals surface area contributed by atoms with Crippen molar-refractivity contribution >= 4 is 0 Å². The van der Waals surface area contributed by atoms with E-state index in [0.29, 0.717) is 5.41 Å². The molecule has 0 nitrogen and oxygen atoms in total. The van der Waals surface area contributed by atoms with Gasteiger partial charge in [-0.25, -0.2) is 0 Å². The predicted molar refractivity (Wildman–Crippen MR) is 59.9 cm³/mol. The molecule has 0 heterocycles. The molecule has 0 heteroatoms. The summed E-state index contributed by atoms with van der Waals surface area (Å²) >= 11 is 0. The first-order chi connectivity index (χ1) is 6.17. The Hall–Kier alpha value is 0. The maximum Gasteiger partial charge on any atom is -0.0326 e. The zero-order valence-corrected chi connectivity index (χ0v) is 9.73. The van der Waals surface area contributed by atoms with E-state index in [1.54, 1.807) is 0 Å². The van der Waals surface area contributed by atoms with Crippen LogP contribution in [0.1, 0.15) is 72.1 Å². The van der Waals surface area contributed by atoms with Gasteiger partial charge in [-0.15, -0.1) is 0 Å². The van der Waals surface area contributed by atoms with Crippen molar-refractivity contribution < 1.29 is 0 Å². The van der Waals surface area contributed by atoms with E-state index >= 15 is 0 Å². The van der Waals surface area contributed by atoms with Gasteiger partial charge in [-0.3, -0.25) is 0 Å². The highest BCUT2D eigenvalue weighted by Crippen LogP contribution is 2.42. The lowest BCUT2D eigenvalue weighted by Crippen LogP contribution is -2.27. The van der Waals surface area contributed by atoms with Gasteiger partial charge in [0, 0.05) is 0 Å². The molecule has 1 atom stereocenters. The molecule has 1 fully saturated rings. The topological polar surface area (TPSA) is 0 Å². The van der Waals surface area contributed by atoms with Gasteiger partial charge in [-0.05, 0) is 30.6 Å². The highest BCUT2D eigenvalue weighted by Gasteiger charge is 2.31. The van der Waals surface area contributed by atoms with Crippen LogP contribution in [0.5, 0.6) is 0 Å². The normalized spacial score (nSPS) is 27.5. The second-order valence-corrected chi connectivity index (χ2v) is 5.43. The fourth-order valence-electron chi connectivity index (χ4n) is 2.74. The van der Waals surface area contributed by atoms with Gasteiger partial charge < -0.3 is 0 Å². The van der Waals surface area contributed by atoms with Gasteiger partial charge in [-0.1, -0.05) is 52.9 Å². The van der Waals surface area contributed by atoms with Crippen molar-refractivity contribution in [3.8, 4) is 0 Å². The van der Waals surface area contributed by atoms with Crippen LogP contribution in [0.15, 0.2) is 0 Å². The molecule has 0 aromatic carbocycles. The maximum absolute atomic E-state index is 2.47. The Balaban J connectivity index is 2.29. The van der Waals surface area contributed by atoms with E-state index in [2.05, 4.69) is 20.8 Å². The van der Waals surface area contributed by atoms with Crippen molar-refractivity contribution in [2.24, 2.45) is 11.3 Å². The Labute approximate surface area is 84.1 Å². The van der Waals surface area contributed by atoms with E-state index < -0.39 is 0 Å². The lowest BCUT2D eigenvalue weighted by molar-refractivity contribution is 0.126. The summed E-state index contributed by atoms with van der Waals surface area (Å²) in [5, 5.41) is 0. The van der Waals surface area contributed by atoms with Gasteiger partial charge in [0.25, 0.3) is 0 Å². The summed E-state index contributed by atoms with van der Waals surface area (Å²) in [6, 6.07) is 0. The fraction of sp³-hybridized carbons (Fsp3) is 1.00. The Kier molecular flexibility index (Phi) is 4.28. The van der Waals surface area contributed by atoms with Crippen molar-refractivity contribution in [2.45, 2.75) is 72.1 Å². The molecule has 0 bridgehead atoms. The van der Waals surface area contributed by atoms with E-state index in [1.807, 2.05) is 0 Å². The molecule has 0 aromatic heterocycles. The van der Waals surface area contributed by atoms with E-state index in [4.69, 9.17) is 0 Å². The van der Waals surface area contributed by atoms with Gasteiger partial charge in [0.2, 0.25) is 0 Å². The van der Waals surface area contributed by atoms with Gasteiger partial charge in [0.1, 0.15) is 0 Å². The smallest absolute Gasteiger partial charge is 0.0326 e. The average molecular weight is 182 g/mol. The summed E-state index contributed by atoms with van der Waals surface area (Å²) in [5.41, 5.74) is 0.645. The third kappa shape index (κ3) is 3.32. The van der Waals surface area contributed by atoms with E-state index in [0.717, 1.165) is 5.92 Å². The molecule has 0 spiro atoms. The molecule has 1 rings (SSSR count). The SMILES string of the molecule is CCCCCC1CCCCC1(C)C. The summed E-state index contributed by atoms with van der Waals surface area (Å²) < 4.78 is 0. The minimum absolute atomic E-state index is 0.645. The van der Waals surface area contributed by atoms with Crippen LogP contribution < -0.4 is 0 Å². The molecule has 13 heavy (non-hydrogen) atoms. The van der Waals surface area contributed by atoms with Gasteiger partial charge >= 0.3 is 0 Å². The second-order valence-electron chi connectivity index (χ2n) is 5.43. The number of rotatable bonds is 4. The van der Waals surface area contributed by atoms with Crippen LogP contribution >= 0.6 is 0 Å². The molecule has 0 N–H and O–H groups in total. The highest BCUT2D eigenvalue weighted by atomic mass is 14.4. The van der Waals surface area contributed by atoms with Gasteiger partial charge in [0.05, 0.1) is 0 Å². The van der Waals surface area contributed by atoms with E-state index in [1.165, 1.54) is 51.4 Å². The molecule has 0 saturated heterocycles. The summed E-state index contributed by atoms with van der Waals surface area (Å²) in [7, 11) is 0. The monoisotopic (exact) mass is 182 g/mol. The molecular weight excluding hydrogens is 156 g/mol. The van der Waals surface area contributed by atoms with Crippen LogP contribution in [0.25, 0.3) is 0 Å². The average Bonchev–Trinajstić information content (AvgIpc) is 2.08. The largest absolute Gasteiger partial charge is 0.0654 e. The lowest BCUT2D eigenvalue weighted by atomic mass is 9.67. The van der Waals surface area contributed by atoms with Crippen molar-refractivity contribution in [3.05, 3.63) is 0 Å². The Morgan fingerprint density at radius 1 is 1.15 bits per heavy atom. The fourth-order valence-corrected chi connectivity index (χ4v) is 2.74. The summed E-state index contributed by atoms with van der Waals surface area (Å²) in [6.07, 6.45) is 11.7. The maximum atomic E-state index is 2.47. The molecule has 0 radical (unpaired) electrons. The van der Waals surface area contributed by atoms with E-state index in [9.17, 15) is 0 Å². The van der Waals surface area contributed by atoms with E-state index in [-0.39, 0.29) is 0 Å². The number of unbranched alkanes of at least 4 members (excludes halogenated alkanes) is 2. The molecule has 1 aliphatic rings. The third-order valence-corrected chi connectivity index (χ3v) is 3.89. The zero-order chi connectivity index (χ0) is 9.73. The van der Waals surface area contributed by atoms with Gasteiger partial charge in [0.15, 0.2) is 0 Å². The standard InChI is InChI=1S/C13H26/c1-4-5-6-9-12-10-7-8-11-13(12,2)3/h12H,4-11H2,1-3H3. The second kappa shape index (κ2) is 5.02. The van der Waals surface area contributed by atoms with Gasteiger partial charge in [-0.2, -0.15) is 0 Å². The first kappa shape index (κ1) is 11.1. The van der Waals surface area contributed by atoms with Crippen molar-refractivity contribution in [3.63, 3.8) is 0 Å². The minimum atomic E-state index is 0.645. The summed E-state index contributed by atoms with van der Waals surface area (Å²) in [4.78, 5) is 0. The third-order valence-electron chi connectivity index (χ3n) is 3.89. The Bertz CT molecular complexity index is 135. The first-order valence-corrected chi connectivity index (χ1v) is 6.17. The number of hydrogen-bond acceptors (Lipinski definition) is 0. The lowest BCUT2D eigenvalue weighted by Gasteiger charge is -2.38. The quantitative estimate of drug-likeness (QED) is 0.549. The Morgan fingerprint density at radius 2 is 1.92 bits per heavy atom. The minimum Gasteiger partial charge on any atom is -0.0654 e. The molecule has 78 valence electrons. The molecular formula is C13H26. The van der Waals surface area contributed by atoms with Crippen LogP contribution in [-0.4, -0.2) is 0 Å². The van der Waals surface area contributed by atoms with Crippen molar-refractivity contribution in [2.75, 3.05) is 0 Å². The molecule has 0 amide bonds. The predicted octanol–water partition coefficient (Wildman–Crippen LogP) is 4.78. The summed E-state index contributed by atoms with van der Waals surface area (Å²) in [6.45, 7) is 7.25. The van der Waals surface area contributed by atoms with Crippen LogP contribution in [-0.2, 0) is 0 Å². The molecule has 1 unspecified atom stereocenters. The first-order valence-electron chi connectivity index (χ1n) is 6.17. The van der Waals surface area contributed by atoms with Crippen LogP contribution in [0.4, 0.5) is 0 Å². The molecule has 1 aliphatic carbocycles. The zero-order valence-electron chi connectivity index (χ0n) is 9.73. The van der Waals surface area contributed by atoms with Crippen LogP contribution in [0.2, 0.25) is 0 Å². The van der Waals surface area contributed by atoms with Crippen molar-refractivity contribution in [1.82, 2.24) is 0 Å². The molecule has 0 aliphatic heterocycles. The molecule has 0 aromatic rings. The Morgan fingerprint density at radius 3 is 2.54 bits per heavy atom. The van der Waals surface area contributed by atoms with Crippen LogP contribution in [0, 0.1) is 11.3 Å². The highest BCUT2D eigenvalue weighted by molar-refractivity contribution is 4.82. The summed E-state index contributed by atoms with van der Waals surface area (Å²) in [5.74, 6) is 1.02. The van der Waals surface area contributed by atoms with Crippen LogP contribution in [0.3, 0.4) is 0 Å².